The van der Waals surface area contributed by atoms with Crippen molar-refractivity contribution in [2.75, 3.05) is 13.3 Å². The van der Waals surface area contributed by atoms with Crippen molar-refractivity contribution in [3.8, 4) is 11.5 Å². The number of oxime groups is 1. The minimum Gasteiger partial charge on any atom is -0.454 e. The van der Waals surface area contributed by atoms with Crippen molar-refractivity contribution in [1.82, 2.24) is 5.32 Å². The van der Waals surface area contributed by atoms with E-state index >= 15 is 0 Å². The van der Waals surface area contributed by atoms with Crippen LogP contribution >= 0.6 is 0 Å². The van der Waals surface area contributed by atoms with Gasteiger partial charge in [-0.1, -0.05) is 17.3 Å². The van der Waals surface area contributed by atoms with Gasteiger partial charge in [0.15, 0.2) is 11.5 Å². The molecule has 24 heavy (non-hydrogen) atoms. The van der Waals surface area contributed by atoms with Crippen molar-refractivity contribution in [2.45, 2.75) is 19.1 Å². The van der Waals surface area contributed by atoms with Crippen molar-refractivity contribution in [3.63, 3.8) is 0 Å². The number of halogens is 1. The van der Waals surface area contributed by atoms with Gasteiger partial charge in [-0.3, -0.25) is 0 Å². The molecule has 0 saturated heterocycles. The minimum absolute atomic E-state index is 0.00845. The quantitative estimate of drug-likeness (QED) is 0.917. The molecule has 0 radical (unpaired) electrons. The van der Waals surface area contributed by atoms with Gasteiger partial charge in [0.2, 0.25) is 6.79 Å². The summed E-state index contributed by atoms with van der Waals surface area (Å²) in [6, 6.07) is 12.2. The van der Waals surface area contributed by atoms with Crippen LogP contribution in [0.25, 0.3) is 0 Å². The standard InChI is InChI=1S/C18H17FN2O3/c19-14-4-1-12(2-5-14)9-20-10-15-8-16(21-24-15)13-3-6-17-18(7-13)23-11-22-17/h1-7,15,20H,8-11H2/t15-/m0/s1. The average Bonchev–Trinajstić information content (AvgIpc) is 3.25. The van der Waals surface area contributed by atoms with Crippen LogP contribution in [0, 0.1) is 5.82 Å². The summed E-state index contributed by atoms with van der Waals surface area (Å²) >= 11 is 0. The van der Waals surface area contributed by atoms with E-state index in [0.29, 0.717) is 13.1 Å². The fourth-order valence-corrected chi connectivity index (χ4v) is 2.76. The predicted octanol–water partition coefficient (Wildman–Crippen LogP) is 2.84. The molecule has 0 bridgehead atoms. The summed E-state index contributed by atoms with van der Waals surface area (Å²) < 4.78 is 23.6. The fourth-order valence-electron chi connectivity index (χ4n) is 2.76. The number of ether oxygens (including phenoxy) is 2. The molecular weight excluding hydrogens is 311 g/mol. The predicted molar refractivity (Wildman–Crippen MR) is 86.7 cm³/mol. The summed E-state index contributed by atoms with van der Waals surface area (Å²) in [5, 5.41) is 7.49. The first-order chi connectivity index (χ1) is 11.8. The molecular formula is C18H17FN2O3. The van der Waals surface area contributed by atoms with Crippen LogP contribution in [-0.2, 0) is 11.4 Å². The molecule has 2 aliphatic heterocycles. The summed E-state index contributed by atoms with van der Waals surface area (Å²) in [5.74, 6) is 1.28. The van der Waals surface area contributed by atoms with Gasteiger partial charge in [0.1, 0.15) is 11.9 Å². The van der Waals surface area contributed by atoms with Crippen molar-refractivity contribution >= 4 is 5.71 Å². The van der Waals surface area contributed by atoms with Crippen molar-refractivity contribution in [1.29, 1.82) is 0 Å². The lowest BCUT2D eigenvalue weighted by atomic mass is 10.0. The van der Waals surface area contributed by atoms with E-state index in [4.69, 9.17) is 14.3 Å². The summed E-state index contributed by atoms with van der Waals surface area (Å²) in [5.41, 5.74) is 2.92. The van der Waals surface area contributed by atoms with Crippen LogP contribution in [0.3, 0.4) is 0 Å². The third-order valence-electron chi connectivity index (χ3n) is 4.05. The van der Waals surface area contributed by atoms with Gasteiger partial charge in [0.25, 0.3) is 0 Å². The Morgan fingerprint density at radius 2 is 1.92 bits per heavy atom. The highest BCUT2D eigenvalue weighted by molar-refractivity contribution is 6.01. The minimum atomic E-state index is -0.223. The van der Waals surface area contributed by atoms with Crippen LogP contribution in [-0.4, -0.2) is 25.2 Å². The molecule has 6 heteroatoms. The van der Waals surface area contributed by atoms with Gasteiger partial charge < -0.3 is 19.6 Å². The maximum absolute atomic E-state index is 12.9. The summed E-state index contributed by atoms with van der Waals surface area (Å²) in [4.78, 5) is 5.49. The summed E-state index contributed by atoms with van der Waals surface area (Å²) in [7, 11) is 0. The summed E-state index contributed by atoms with van der Waals surface area (Å²) in [6.07, 6.45) is 0.724. The molecule has 1 N–H and O–H groups in total. The van der Waals surface area contributed by atoms with Crippen LogP contribution in [0.4, 0.5) is 4.39 Å². The smallest absolute Gasteiger partial charge is 0.231 e. The van der Waals surface area contributed by atoms with Crippen LogP contribution in [0.1, 0.15) is 17.5 Å². The molecule has 4 rings (SSSR count). The number of fused-ring (bicyclic) bond motifs is 1. The Morgan fingerprint density at radius 3 is 2.79 bits per heavy atom. The molecule has 0 aromatic heterocycles. The molecule has 0 amide bonds. The van der Waals surface area contributed by atoms with E-state index in [2.05, 4.69) is 10.5 Å². The van der Waals surface area contributed by atoms with E-state index < -0.39 is 0 Å². The molecule has 2 heterocycles. The molecule has 2 aliphatic rings. The first-order valence-corrected chi connectivity index (χ1v) is 7.86. The van der Waals surface area contributed by atoms with Crippen molar-refractivity contribution in [3.05, 3.63) is 59.4 Å². The number of nitrogens with one attached hydrogen (secondary N) is 1. The molecule has 0 saturated carbocycles. The second-order valence-corrected chi connectivity index (χ2v) is 5.79. The third kappa shape index (κ3) is 3.19. The lowest BCUT2D eigenvalue weighted by molar-refractivity contribution is 0.0848. The topological polar surface area (TPSA) is 52.1 Å². The molecule has 0 unspecified atom stereocenters. The van der Waals surface area contributed by atoms with Gasteiger partial charge in [-0.25, -0.2) is 4.39 Å². The van der Waals surface area contributed by atoms with E-state index in [1.807, 2.05) is 18.2 Å². The zero-order valence-corrected chi connectivity index (χ0v) is 13.0. The zero-order chi connectivity index (χ0) is 16.4. The van der Waals surface area contributed by atoms with Gasteiger partial charge in [-0.2, -0.15) is 0 Å². The lowest BCUT2D eigenvalue weighted by Crippen LogP contribution is -2.26. The molecule has 2 aromatic rings. The molecule has 1 atom stereocenters. The van der Waals surface area contributed by atoms with E-state index in [1.165, 1.54) is 12.1 Å². The maximum Gasteiger partial charge on any atom is 0.231 e. The Morgan fingerprint density at radius 1 is 1.08 bits per heavy atom. The Bertz CT molecular complexity index is 761. The first-order valence-electron chi connectivity index (χ1n) is 7.86. The highest BCUT2D eigenvalue weighted by Crippen LogP contribution is 2.33. The van der Waals surface area contributed by atoms with E-state index in [0.717, 1.165) is 34.8 Å². The summed E-state index contributed by atoms with van der Waals surface area (Å²) in [6.45, 7) is 1.60. The van der Waals surface area contributed by atoms with E-state index in [1.54, 1.807) is 12.1 Å². The number of nitrogens with zero attached hydrogens (tertiary/aromatic N) is 1. The zero-order valence-electron chi connectivity index (χ0n) is 13.0. The van der Waals surface area contributed by atoms with Crippen LogP contribution in [0.5, 0.6) is 11.5 Å². The number of hydrogen-bond acceptors (Lipinski definition) is 5. The number of hydrogen-bond donors (Lipinski definition) is 1. The molecule has 0 fully saturated rings. The van der Waals surface area contributed by atoms with E-state index in [-0.39, 0.29) is 18.7 Å². The van der Waals surface area contributed by atoms with Crippen LogP contribution in [0.15, 0.2) is 47.6 Å². The monoisotopic (exact) mass is 328 g/mol. The Balaban J connectivity index is 1.29. The first kappa shape index (κ1) is 15.0. The highest BCUT2D eigenvalue weighted by atomic mass is 19.1. The van der Waals surface area contributed by atoms with Gasteiger partial charge in [-0.05, 0) is 35.9 Å². The van der Waals surface area contributed by atoms with Gasteiger partial charge in [0, 0.05) is 25.1 Å². The molecule has 0 spiro atoms. The van der Waals surface area contributed by atoms with Gasteiger partial charge in [0.05, 0.1) is 5.71 Å². The van der Waals surface area contributed by atoms with Crippen molar-refractivity contribution < 1.29 is 18.7 Å². The lowest BCUT2D eigenvalue weighted by Gasteiger charge is -2.10. The van der Waals surface area contributed by atoms with Crippen LogP contribution in [0.2, 0.25) is 0 Å². The number of rotatable bonds is 5. The third-order valence-corrected chi connectivity index (χ3v) is 4.05. The maximum atomic E-state index is 12.9. The fraction of sp³-hybridized carbons (Fsp3) is 0.278. The largest absolute Gasteiger partial charge is 0.454 e. The molecule has 5 nitrogen and oxygen atoms in total. The van der Waals surface area contributed by atoms with E-state index in [9.17, 15) is 4.39 Å². The Kier molecular flexibility index (Phi) is 4.04. The Labute approximate surface area is 139 Å². The Hall–Kier alpha value is -2.60. The molecule has 2 aromatic carbocycles. The van der Waals surface area contributed by atoms with Gasteiger partial charge in [-0.15, -0.1) is 0 Å². The molecule has 124 valence electrons. The van der Waals surface area contributed by atoms with Gasteiger partial charge >= 0.3 is 0 Å². The van der Waals surface area contributed by atoms with Crippen molar-refractivity contribution in [2.24, 2.45) is 5.16 Å². The highest BCUT2D eigenvalue weighted by Gasteiger charge is 2.23. The molecule has 0 aliphatic carbocycles. The second kappa shape index (κ2) is 6.49. The second-order valence-electron chi connectivity index (χ2n) is 5.79. The number of benzene rings is 2. The normalized spacial score (nSPS) is 18.4. The SMILES string of the molecule is Fc1ccc(CNC[C@@H]2CC(c3ccc4c(c3)OCO4)=NO2)cc1. The average molecular weight is 328 g/mol. The van der Waals surface area contributed by atoms with Crippen LogP contribution < -0.4 is 14.8 Å².